The second-order valence-electron chi connectivity index (χ2n) is 4.11. The Morgan fingerprint density at radius 2 is 2.11 bits per heavy atom. The zero-order valence-corrected chi connectivity index (χ0v) is 10.0. The highest BCUT2D eigenvalue weighted by Crippen LogP contribution is 2.29. The maximum atomic E-state index is 13.4. The van der Waals surface area contributed by atoms with Crippen LogP contribution in [0.1, 0.15) is 5.82 Å². The molecule has 0 radical (unpaired) electrons. The van der Waals surface area contributed by atoms with Crippen LogP contribution in [0, 0.1) is 12.7 Å². The summed E-state index contributed by atoms with van der Waals surface area (Å²) >= 11 is 0. The Morgan fingerprint density at radius 1 is 1.32 bits per heavy atom. The molecule has 0 saturated carbocycles. The number of aromatic nitrogens is 4. The number of imidazole rings is 1. The summed E-state index contributed by atoms with van der Waals surface area (Å²) in [5.74, 6) is 0.116. The van der Waals surface area contributed by atoms with Crippen LogP contribution in [0.15, 0.2) is 24.5 Å². The molecule has 2 heterocycles. The Kier molecular flexibility index (Phi) is 2.34. The number of hydrogen-bond acceptors (Lipinski definition) is 5. The number of fused-ring (bicyclic) bond motifs is 1. The van der Waals surface area contributed by atoms with E-state index in [1.165, 1.54) is 23.0 Å². The normalized spacial score (nSPS) is 11.1. The summed E-state index contributed by atoms with van der Waals surface area (Å²) in [6, 6.07) is 3.71. The van der Waals surface area contributed by atoms with E-state index in [0.717, 1.165) is 6.07 Å². The van der Waals surface area contributed by atoms with Crippen molar-refractivity contribution in [2.75, 3.05) is 5.73 Å². The van der Waals surface area contributed by atoms with Crippen molar-refractivity contribution in [3.05, 3.63) is 36.2 Å². The number of halogens is 1. The summed E-state index contributed by atoms with van der Waals surface area (Å²) < 4.78 is 14.9. The Morgan fingerprint density at radius 3 is 2.84 bits per heavy atom. The highest BCUT2D eigenvalue weighted by molar-refractivity contribution is 5.85. The number of phenolic OH excluding ortho intramolecular Hbond substituents is 1. The molecule has 0 amide bonds. The largest absolute Gasteiger partial charge is 0.508 e. The van der Waals surface area contributed by atoms with Crippen molar-refractivity contribution in [2.24, 2.45) is 0 Å². The lowest BCUT2D eigenvalue weighted by Gasteiger charge is -2.02. The predicted molar refractivity (Wildman–Crippen MR) is 67.0 cm³/mol. The number of aromatic hydroxyl groups is 1. The van der Waals surface area contributed by atoms with Gasteiger partial charge < -0.3 is 10.8 Å². The van der Waals surface area contributed by atoms with Gasteiger partial charge in [-0.05, 0) is 19.1 Å². The zero-order valence-electron chi connectivity index (χ0n) is 10.0. The van der Waals surface area contributed by atoms with Crippen LogP contribution in [0.3, 0.4) is 0 Å². The van der Waals surface area contributed by atoms with Crippen LogP contribution in [0.5, 0.6) is 5.75 Å². The Labute approximate surface area is 107 Å². The number of benzene rings is 1. The number of nitrogens with two attached hydrogens (primary N) is 1. The number of hydrogen-bond donors (Lipinski definition) is 2. The van der Waals surface area contributed by atoms with Gasteiger partial charge in [0.2, 0.25) is 0 Å². The molecule has 0 atom stereocenters. The third-order valence-corrected chi connectivity index (χ3v) is 2.78. The summed E-state index contributed by atoms with van der Waals surface area (Å²) in [5, 5.41) is 13.5. The first-order valence-electron chi connectivity index (χ1n) is 5.52. The molecule has 7 heteroatoms. The van der Waals surface area contributed by atoms with Crippen molar-refractivity contribution >= 4 is 11.3 Å². The quantitative estimate of drug-likeness (QED) is 0.691. The number of aryl methyl sites for hydroxylation is 1. The number of nitrogen functional groups attached to an aromatic ring is 1. The van der Waals surface area contributed by atoms with E-state index in [1.807, 2.05) is 0 Å². The first kappa shape index (κ1) is 11.4. The van der Waals surface area contributed by atoms with Crippen molar-refractivity contribution in [3.63, 3.8) is 0 Å². The molecule has 3 rings (SSSR count). The van der Waals surface area contributed by atoms with E-state index >= 15 is 0 Å². The summed E-state index contributed by atoms with van der Waals surface area (Å²) in [6.45, 7) is 1.75. The van der Waals surface area contributed by atoms with Gasteiger partial charge in [0, 0.05) is 11.6 Å². The van der Waals surface area contributed by atoms with Crippen LogP contribution < -0.4 is 5.73 Å². The zero-order chi connectivity index (χ0) is 13.6. The lowest BCUT2D eigenvalue weighted by molar-refractivity contribution is 0.469. The molecule has 3 aromatic rings. The van der Waals surface area contributed by atoms with E-state index in [-0.39, 0.29) is 11.6 Å². The molecule has 1 aromatic carbocycles. The van der Waals surface area contributed by atoms with Crippen LogP contribution in [0.4, 0.5) is 10.2 Å². The molecular formula is C12H10FN5O. The van der Waals surface area contributed by atoms with E-state index < -0.39 is 5.82 Å². The number of anilines is 1. The molecule has 0 aliphatic carbocycles. The van der Waals surface area contributed by atoms with E-state index in [4.69, 9.17) is 5.73 Å². The number of phenols is 1. The average molecular weight is 259 g/mol. The molecule has 6 nitrogen and oxygen atoms in total. The van der Waals surface area contributed by atoms with Gasteiger partial charge in [-0.25, -0.2) is 18.9 Å². The van der Waals surface area contributed by atoms with Crippen molar-refractivity contribution in [3.8, 4) is 17.0 Å². The van der Waals surface area contributed by atoms with Gasteiger partial charge in [0.25, 0.3) is 0 Å². The van der Waals surface area contributed by atoms with Gasteiger partial charge in [0.15, 0.2) is 5.82 Å². The highest BCUT2D eigenvalue weighted by atomic mass is 19.1. The van der Waals surface area contributed by atoms with Crippen molar-refractivity contribution in [1.82, 2.24) is 19.6 Å². The third kappa shape index (κ3) is 1.75. The van der Waals surface area contributed by atoms with Gasteiger partial charge in [-0.15, -0.1) is 0 Å². The van der Waals surface area contributed by atoms with Gasteiger partial charge in [-0.1, -0.05) is 0 Å². The standard InChI is InChI=1S/C12H10FN5O/c1-6-17-10(7-2-8(13)4-9(19)3-7)11-12(14)15-5-16-18(6)11/h2-5,19H,1H3,(H2,14,15,16). The van der Waals surface area contributed by atoms with Gasteiger partial charge in [0.1, 0.15) is 34.9 Å². The van der Waals surface area contributed by atoms with Crippen LogP contribution in [-0.2, 0) is 0 Å². The minimum Gasteiger partial charge on any atom is -0.508 e. The minimum absolute atomic E-state index is 0.177. The Balaban J connectivity index is 2.36. The molecule has 96 valence electrons. The minimum atomic E-state index is -0.552. The summed E-state index contributed by atoms with van der Waals surface area (Å²) in [4.78, 5) is 8.21. The summed E-state index contributed by atoms with van der Waals surface area (Å²) in [6.07, 6.45) is 1.32. The molecular weight excluding hydrogens is 249 g/mol. The summed E-state index contributed by atoms with van der Waals surface area (Å²) in [7, 11) is 0. The van der Waals surface area contributed by atoms with Crippen molar-refractivity contribution in [2.45, 2.75) is 6.92 Å². The first-order valence-corrected chi connectivity index (χ1v) is 5.52. The van der Waals surface area contributed by atoms with E-state index in [1.54, 1.807) is 6.92 Å². The molecule has 0 unspecified atom stereocenters. The molecule has 19 heavy (non-hydrogen) atoms. The molecule has 0 fully saturated rings. The molecule has 0 spiro atoms. The van der Waals surface area contributed by atoms with Crippen LogP contribution >= 0.6 is 0 Å². The monoisotopic (exact) mass is 259 g/mol. The predicted octanol–water partition coefficient (Wildman–Crippen LogP) is 1.53. The second kappa shape index (κ2) is 3.91. The van der Waals surface area contributed by atoms with Gasteiger partial charge in [-0.2, -0.15) is 5.10 Å². The van der Waals surface area contributed by atoms with E-state index in [2.05, 4.69) is 15.1 Å². The Hall–Kier alpha value is -2.70. The fraction of sp³-hybridized carbons (Fsp3) is 0.0833. The topological polar surface area (TPSA) is 89.3 Å². The summed E-state index contributed by atoms with van der Waals surface area (Å²) in [5.41, 5.74) is 7.16. The van der Waals surface area contributed by atoms with E-state index in [9.17, 15) is 9.50 Å². The SMILES string of the molecule is Cc1nc(-c2cc(O)cc(F)c2)c2c(N)ncnn12. The first-order chi connectivity index (χ1) is 9.06. The van der Waals surface area contributed by atoms with Gasteiger partial charge >= 0.3 is 0 Å². The molecule has 2 aromatic heterocycles. The third-order valence-electron chi connectivity index (χ3n) is 2.78. The highest BCUT2D eigenvalue weighted by Gasteiger charge is 2.15. The smallest absolute Gasteiger partial charge is 0.153 e. The molecule has 0 aliphatic rings. The number of rotatable bonds is 1. The molecule has 0 bridgehead atoms. The fourth-order valence-corrected chi connectivity index (χ4v) is 2.01. The molecule has 0 saturated heterocycles. The van der Waals surface area contributed by atoms with Gasteiger partial charge in [0.05, 0.1) is 0 Å². The lowest BCUT2D eigenvalue weighted by Crippen LogP contribution is -2.00. The lowest BCUT2D eigenvalue weighted by atomic mass is 10.1. The van der Waals surface area contributed by atoms with Crippen LogP contribution in [0.2, 0.25) is 0 Å². The Bertz CT molecular complexity index is 763. The van der Waals surface area contributed by atoms with Gasteiger partial charge in [-0.3, -0.25) is 0 Å². The van der Waals surface area contributed by atoms with Crippen LogP contribution in [0.25, 0.3) is 16.8 Å². The maximum absolute atomic E-state index is 13.4. The van der Waals surface area contributed by atoms with Crippen molar-refractivity contribution in [1.29, 1.82) is 0 Å². The van der Waals surface area contributed by atoms with Crippen molar-refractivity contribution < 1.29 is 9.50 Å². The van der Waals surface area contributed by atoms with E-state index in [0.29, 0.717) is 22.6 Å². The second-order valence-corrected chi connectivity index (χ2v) is 4.11. The average Bonchev–Trinajstić information content (AvgIpc) is 2.67. The molecule has 3 N–H and O–H groups in total. The number of nitrogens with zero attached hydrogens (tertiary/aromatic N) is 4. The molecule has 0 aliphatic heterocycles. The van der Waals surface area contributed by atoms with Crippen LogP contribution in [-0.4, -0.2) is 24.7 Å². The fourth-order valence-electron chi connectivity index (χ4n) is 2.01. The maximum Gasteiger partial charge on any atom is 0.153 e.